The Kier molecular flexibility index (Phi) is 3.72. The summed E-state index contributed by atoms with van der Waals surface area (Å²) in [5.74, 6) is -0.0434. The molecule has 4 heteroatoms. The van der Waals surface area contributed by atoms with Gasteiger partial charge >= 0.3 is 0 Å². The summed E-state index contributed by atoms with van der Waals surface area (Å²) in [6.45, 7) is 3.95. The third-order valence-corrected chi connectivity index (χ3v) is 3.00. The van der Waals surface area contributed by atoms with Crippen molar-refractivity contribution in [2.75, 3.05) is 0 Å². The van der Waals surface area contributed by atoms with Crippen molar-refractivity contribution in [3.8, 4) is 0 Å². The van der Waals surface area contributed by atoms with Gasteiger partial charge in [-0.15, -0.1) is 0 Å². The molecule has 1 N–H and O–H groups in total. The molecule has 0 fully saturated rings. The smallest absolute Gasteiger partial charge is 0.287 e. The Balaban J connectivity index is 2.10. The van der Waals surface area contributed by atoms with Crippen LogP contribution in [0.1, 0.15) is 34.6 Å². The molecule has 0 saturated heterocycles. The lowest BCUT2D eigenvalue weighted by Gasteiger charge is -2.15. The molecule has 18 heavy (non-hydrogen) atoms. The predicted molar refractivity (Wildman–Crippen MR) is 70.8 cm³/mol. The summed E-state index contributed by atoms with van der Waals surface area (Å²) in [6, 6.07) is 11.0. The van der Waals surface area contributed by atoms with E-state index in [1.54, 1.807) is 12.1 Å². The van der Waals surface area contributed by atoms with Crippen molar-refractivity contribution in [1.29, 1.82) is 0 Å². The van der Waals surface area contributed by atoms with Gasteiger partial charge in [-0.1, -0.05) is 24.3 Å². The predicted octanol–water partition coefficient (Wildman–Crippen LogP) is 3.73. The van der Waals surface area contributed by atoms with E-state index < -0.39 is 0 Å². The molecule has 0 aliphatic carbocycles. The zero-order chi connectivity index (χ0) is 13.1. The summed E-state index contributed by atoms with van der Waals surface area (Å²) in [7, 11) is 0. The number of carbonyl (C=O) groups excluding carboxylic acids is 1. The van der Waals surface area contributed by atoms with Gasteiger partial charge in [0.1, 0.15) is 0 Å². The lowest BCUT2D eigenvalue weighted by molar-refractivity contribution is 0.0912. The molecule has 0 bridgehead atoms. The summed E-state index contributed by atoms with van der Waals surface area (Å²) in [4.78, 5) is 11.9. The average molecular weight is 264 g/mol. The second-order valence-corrected chi connectivity index (χ2v) is 4.53. The summed E-state index contributed by atoms with van der Waals surface area (Å²) in [5.41, 5.74) is 2.23. The summed E-state index contributed by atoms with van der Waals surface area (Å²) in [5, 5.41) is 3.09. The normalized spacial score (nSPS) is 12.2. The summed E-state index contributed by atoms with van der Waals surface area (Å²) >= 11 is 5.64. The van der Waals surface area contributed by atoms with Gasteiger partial charge in [0.2, 0.25) is 0 Å². The number of halogens is 1. The Morgan fingerprint density at radius 1 is 1.28 bits per heavy atom. The lowest BCUT2D eigenvalue weighted by Crippen LogP contribution is -2.26. The van der Waals surface area contributed by atoms with E-state index in [-0.39, 0.29) is 22.9 Å². The molecule has 94 valence electrons. The van der Waals surface area contributed by atoms with Gasteiger partial charge in [0, 0.05) is 0 Å². The minimum Gasteiger partial charge on any atom is -0.440 e. The van der Waals surface area contributed by atoms with Gasteiger partial charge in [-0.2, -0.15) is 0 Å². The van der Waals surface area contributed by atoms with Crippen molar-refractivity contribution in [3.63, 3.8) is 0 Å². The van der Waals surface area contributed by atoms with Crippen LogP contribution in [0.5, 0.6) is 0 Å². The van der Waals surface area contributed by atoms with Crippen molar-refractivity contribution < 1.29 is 9.21 Å². The minimum atomic E-state index is -0.266. The van der Waals surface area contributed by atoms with Crippen molar-refractivity contribution in [2.45, 2.75) is 19.9 Å². The summed E-state index contributed by atoms with van der Waals surface area (Å²) < 4.78 is 5.07. The van der Waals surface area contributed by atoms with E-state index in [0.29, 0.717) is 0 Å². The third kappa shape index (κ3) is 2.74. The SMILES string of the molecule is Cc1ccccc1C(C)NC(=O)c1ccc(Cl)o1. The van der Waals surface area contributed by atoms with Crippen molar-refractivity contribution in [1.82, 2.24) is 5.32 Å². The van der Waals surface area contributed by atoms with Gasteiger partial charge in [0.25, 0.3) is 5.91 Å². The molecule has 1 amide bonds. The van der Waals surface area contributed by atoms with E-state index in [1.165, 1.54) is 0 Å². The molecule has 2 rings (SSSR count). The fourth-order valence-corrected chi connectivity index (χ4v) is 2.00. The average Bonchev–Trinajstić information content (AvgIpc) is 2.76. The second-order valence-electron chi connectivity index (χ2n) is 4.16. The number of amides is 1. The molecule has 0 aliphatic heterocycles. The Hall–Kier alpha value is -1.74. The van der Waals surface area contributed by atoms with E-state index in [9.17, 15) is 4.79 Å². The molecular formula is C14H14ClNO2. The standard InChI is InChI=1S/C14H14ClNO2/c1-9-5-3-4-6-11(9)10(2)16-14(17)12-7-8-13(15)18-12/h3-8,10H,1-2H3,(H,16,17). The Morgan fingerprint density at radius 3 is 2.61 bits per heavy atom. The molecule has 1 aromatic heterocycles. The highest BCUT2D eigenvalue weighted by Crippen LogP contribution is 2.18. The zero-order valence-electron chi connectivity index (χ0n) is 10.2. The van der Waals surface area contributed by atoms with Crippen molar-refractivity contribution in [3.05, 3.63) is 58.5 Å². The van der Waals surface area contributed by atoms with Crippen LogP contribution in [-0.2, 0) is 0 Å². The molecule has 2 aromatic rings. The Morgan fingerprint density at radius 2 is 2.00 bits per heavy atom. The molecule has 0 spiro atoms. The number of carbonyl (C=O) groups is 1. The topological polar surface area (TPSA) is 42.2 Å². The van der Waals surface area contributed by atoms with Crippen LogP contribution in [0.15, 0.2) is 40.8 Å². The molecule has 0 aliphatic rings. The number of benzene rings is 1. The highest BCUT2D eigenvalue weighted by molar-refractivity contribution is 6.29. The summed E-state index contributed by atoms with van der Waals surface area (Å²) in [6.07, 6.45) is 0. The number of rotatable bonds is 3. The maximum absolute atomic E-state index is 11.9. The number of aryl methyl sites for hydroxylation is 1. The monoisotopic (exact) mass is 263 g/mol. The molecular weight excluding hydrogens is 250 g/mol. The minimum absolute atomic E-state index is 0.0809. The first-order chi connectivity index (χ1) is 8.58. The van der Waals surface area contributed by atoms with E-state index >= 15 is 0 Å². The van der Waals surface area contributed by atoms with E-state index in [0.717, 1.165) is 11.1 Å². The van der Waals surface area contributed by atoms with Crippen molar-refractivity contribution in [2.24, 2.45) is 0 Å². The van der Waals surface area contributed by atoms with E-state index in [4.69, 9.17) is 16.0 Å². The third-order valence-electron chi connectivity index (χ3n) is 2.80. The number of hydrogen-bond donors (Lipinski definition) is 1. The Labute approximate surface area is 111 Å². The molecule has 3 nitrogen and oxygen atoms in total. The largest absolute Gasteiger partial charge is 0.440 e. The van der Waals surface area contributed by atoms with Gasteiger partial charge in [-0.05, 0) is 48.7 Å². The van der Waals surface area contributed by atoms with Crippen LogP contribution in [0.3, 0.4) is 0 Å². The van der Waals surface area contributed by atoms with Gasteiger partial charge in [-0.3, -0.25) is 4.79 Å². The highest BCUT2D eigenvalue weighted by Gasteiger charge is 2.15. The van der Waals surface area contributed by atoms with Crippen LogP contribution in [0.2, 0.25) is 5.22 Å². The molecule has 0 radical (unpaired) electrons. The first-order valence-corrected chi connectivity index (χ1v) is 6.07. The first kappa shape index (κ1) is 12.7. The van der Waals surface area contributed by atoms with Crippen LogP contribution in [0.4, 0.5) is 0 Å². The maximum atomic E-state index is 11.9. The molecule has 1 unspecified atom stereocenters. The van der Waals surface area contributed by atoms with Gasteiger partial charge in [0.05, 0.1) is 6.04 Å². The van der Waals surface area contributed by atoms with Crippen LogP contribution < -0.4 is 5.32 Å². The van der Waals surface area contributed by atoms with Crippen LogP contribution in [-0.4, -0.2) is 5.91 Å². The molecule has 1 aromatic carbocycles. The van der Waals surface area contributed by atoms with Crippen molar-refractivity contribution >= 4 is 17.5 Å². The van der Waals surface area contributed by atoms with Crippen LogP contribution in [0, 0.1) is 6.92 Å². The zero-order valence-corrected chi connectivity index (χ0v) is 11.0. The number of furan rings is 1. The van der Waals surface area contributed by atoms with E-state index in [2.05, 4.69) is 5.32 Å². The number of hydrogen-bond acceptors (Lipinski definition) is 2. The van der Waals surface area contributed by atoms with Gasteiger partial charge in [0.15, 0.2) is 11.0 Å². The van der Waals surface area contributed by atoms with E-state index in [1.807, 2.05) is 38.1 Å². The van der Waals surface area contributed by atoms with Crippen LogP contribution in [0.25, 0.3) is 0 Å². The fourth-order valence-electron chi connectivity index (χ4n) is 1.85. The number of nitrogens with one attached hydrogen (secondary N) is 1. The molecule has 1 heterocycles. The first-order valence-electron chi connectivity index (χ1n) is 5.69. The quantitative estimate of drug-likeness (QED) is 0.917. The fraction of sp³-hybridized carbons (Fsp3) is 0.214. The second kappa shape index (κ2) is 5.27. The van der Waals surface area contributed by atoms with Gasteiger partial charge < -0.3 is 9.73 Å². The molecule has 0 saturated carbocycles. The van der Waals surface area contributed by atoms with Gasteiger partial charge in [-0.25, -0.2) is 0 Å². The van der Waals surface area contributed by atoms with Crippen LogP contribution >= 0.6 is 11.6 Å². The maximum Gasteiger partial charge on any atom is 0.287 e. The highest BCUT2D eigenvalue weighted by atomic mass is 35.5. The lowest BCUT2D eigenvalue weighted by atomic mass is 10.0. The molecule has 1 atom stereocenters. The Bertz CT molecular complexity index is 562.